The van der Waals surface area contributed by atoms with E-state index in [0.29, 0.717) is 30.1 Å². The van der Waals surface area contributed by atoms with Gasteiger partial charge in [-0.2, -0.15) is 0 Å². The number of carbonyl (C=O) groups excluding carboxylic acids is 1. The standard InChI is InChI=1S/C35H56O6/c1-19(2)15-27(37)40-26-11-12-32(7)23-10-13-34-18-35(34,33(23,8)25(36)17-24(32)30(26,3)4)14-9-21(34)20-16-22(39-29(20)38)28-31(5,6)41-28/h19-26,28-29,36,38H,9-18H2,1-8H3/t20-,21+,22+,23+,24-,25+,26+,28-,29?,32+,33-,34+,35+/m0/s1. The summed E-state index contributed by atoms with van der Waals surface area (Å²) in [7, 11) is 0. The van der Waals surface area contributed by atoms with E-state index in [4.69, 9.17) is 14.2 Å². The number of fused-ring (bicyclic) bond motifs is 3. The third-order valence-corrected chi connectivity index (χ3v) is 15.0. The average molecular weight is 573 g/mol. The van der Waals surface area contributed by atoms with Crippen LogP contribution in [0.4, 0.5) is 0 Å². The zero-order valence-electron chi connectivity index (χ0n) is 26.9. The molecular formula is C35H56O6. The highest BCUT2D eigenvalue weighted by Gasteiger charge is 2.86. The second kappa shape index (κ2) is 8.73. The fourth-order valence-electron chi connectivity index (χ4n) is 13.1. The lowest BCUT2D eigenvalue weighted by Gasteiger charge is -2.68. The van der Waals surface area contributed by atoms with Gasteiger partial charge in [0.1, 0.15) is 12.2 Å². The van der Waals surface area contributed by atoms with E-state index < -0.39 is 6.29 Å². The van der Waals surface area contributed by atoms with Gasteiger partial charge in [0.15, 0.2) is 6.29 Å². The number of epoxide rings is 1. The Labute approximate surface area is 247 Å². The lowest BCUT2D eigenvalue weighted by Crippen LogP contribution is -2.66. The van der Waals surface area contributed by atoms with Gasteiger partial charge >= 0.3 is 5.97 Å². The first-order valence-corrected chi connectivity index (χ1v) is 16.9. The average Bonchev–Trinajstić information content (AvgIpc) is 3.62. The van der Waals surface area contributed by atoms with Crippen molar-refractivity contribution < 1.29 is 29.2 Å². The molecule has 7 rings (SSSR count). The van der Waals surface area contributed by atoms with Crippen LogP contribution in [-0.4, -0.2) is 52.5 Å². The van der Waals surface area contributed by atoms with Gasteiger partial charge in [-0.05, 0) is 112 Å². The second-order valence-electron chi connectivity index (χ2n) is 17.8. The summed E-state index contributed by atoms with van der Waals surface area (Å²) in [5.74, 6) is 1.64. The molecule has 0 aromatic heterocycles. The molecule has 7 fully saturated rings. The minimum Gasteiger partial charge on any atom is -0.462 e. The molecule has 2 saturated heterocycles. The minimum atomic E-state index is -0.700. The topological polar surface area (TPSA) is 88.5 Å². The van der Waals surface area contributed by atoms with E-state index in [-0.39, 0.29) is 69.0 Å². The number of aliphatic hydroxyl groups is 2. The Balaban J connectivity index is 1.13. The van der Waals surface area contributed by atoms with Crippen molar-refractivity contribution in [3.8, 4) is 0 Å². The number of ether oxygens (including phenoxy) is 3. The Morgan fingerprint density at radius 2 is 1.66 bits per heavy atom. The molecule has 0 spiro atoms. The van der Waals surface area contributed by atoms with Crippen molar-refractivity contribution in [2.24, 2.45) is 56.7 Å². The maximum atomic E-state index is 12.7. The molecule has 0 bridgehead atoms. The van der Waals surface area contributed by atoms with Crippen molar-refractivity contribution in [3.05, 3.63) is 0 Å². The zero-order valence-corrected chi connectivity index (χ0v) is 26.9. The summed E-state index contributed by atoms with van der Waals surface area (Å²) in [4.78, 5) is 12.7. The number of rotatable bonds is 5. The number of aliphatic hydroxyl groups excluding tert-OH is 2. The Morgan fingerprint density at radius 1 is 0.951 bits per heavy atom. The van der Waals surface area contributed by atoms with Crippen molar-refractivity contribution in [2.45, 2.75) is 156 Å². The lowest BCUT2D eigenvalue weighted by atomic mass is 9.37. The van der Waals surface area contributed by atoms with Crippen LogP contribution in [0.15, 0.2) is 0 Å². The van der Waals surface area contributed by atoms with E-state index >= 15 is 0 Å². The number of hydrogen-bond acceptors (Lipinski definition) is 6. The molecule has 0 radical (unpaired) electrons. The molecule has 6 heteroatoms. The van der Waals surface area contributed by atoms with Gasteiger partial charge in [-0.25, -0.2) is 0 Å². The normalized spacial score (nSPS) is 55.9. The highest BCUT2D eigenvalue weighted by Crippen LogP contribution is 2.91. The van der Waals surface area contributed by atoms with Crippen molar-refractivity contribution in [3.63, 3.8) is 0 Å². The summed E-state index contributed by atoms with van der Waals surface area (Å²) < 4.78 is 18.2. The van der Waals surface area contributed by atoms with Gasteiger partial charge in [-0.3, -0.25) is 4.79 Å². The van der Waals surface area contributed by atoms with Crippen molar-refractivity contribution in [2.75, 3.05) is 0 Å². The Morgan fingerprint density at radius 3 is 2.32 bits per heavy atom. The summed E-state index contributed by atoms with van der Waals surface area (Å²) in [6.45, 7) is 17.9. The molecule has 7 aliphatic rings. The minimum absolute atomic E-state index is 0.00549. The van der Waals surface area contributed by atoms with Crippen LogP contribution in [0.5, 0.6) is 0 Å². The largest absolute Gasteiger partial charge is 0.462 e. The monoisotopic (exact) mass is 572 g/mol. The van der Waals surface area contributed by atoms with Crippen molar-refractivity contribution in [1.82, 2.24) is 0 Å². The smallest absolute Gasteiger partial charge is 0.306 e. The first kappa shape index (κ1) is 29.0. The molecule has 2 N–H and O–H groups in total. The second-order valence-corrected chi connectivity index (χ2v) is 17.8. The quantitative estimate of drug-likeness (QED) is 0.299. The number of esters is 1. The maximum Gasteiger partial charge on any atom is 0.306 e. The molecule has 5 saturated carbocycles. The molecule has 0 aromatic rings. The van der Waals surface area contributed by atoms with Crippen LogP contribution < -0.4 is 0 Å². The molecule has 2 aliphatic heterocycles. The first-order valence-electron chi connectivity index (χ1n) is 16.9. The summed E-state index contributed by atoms with van der Waals surface area (Å²) in [5, 5.41) is 23.4. The van der Waals surface area contributed by atoms with Gasteiger partial charge in [0.05, 0.1) is 17.8 Å². The van der Waals surface area contributed by atoms with Gasteiger partial charge in [0.25, 0.3) is 0 Å². The predicted octanol–water partition coefficient (Wildman–Crippen LogP) is 6.26. The van der Waals surface area contributed by atoms with E-state index in [1.54, 1.807) is 0 Å². The number of carbonyl (C=O) groups is 1. The molecule has 0 amide bonds. The van der Waals surface area contributed by atoms with Gasteiger partial charge in [-0.1, -0.05) is 41.5 Å². The molecule has 232 valence electrons. The van der Waals surface area contributed by atoms with Gasteiger partial charge in [0, 0.05) is 23.2 Å². The summed E-state index contributed by atoms with van der Waals surface area (Å²) in [6.07, 6.45) is 8.96. The first-order chi connectivity index (χ1) is 19.0. The van der Waals surface area contributed by atoms with Crippen LogP contribution in [0.1, 0.15) is 120 Å². The van der Waals surface area contributed by atoms with Crippen molar-refractivity contribution >= 4 is 5.97 Å². The Kier molecular flexibility index (Phi) is 6.18. The van der Waals surface area contributed by atoms with E-state index in [2.05, 4.69) is 55.4 Å². The van der Waals surface area contributed by atoms with E-state index in [1.807, 2.05) is 0 Å². The molecule has 5 aliphatic carbocycles. The van der Waals surface area contributed by atoms with Crippen molar-refractivity contribution in [1.29, 1.82) is 0 Å². The van der Waals surface area contributed by atoms with Gasteiger partial charge < -0.3 is 24.4 Å². The third kappa shape index (κ3) is 3.66. The third-order valence-electron chi connectivity index (χ3n) is 15.0. The fourth-order valence-corrected chi connectivity index (χ4v) is 13.1. The molecule has 13 atom stereocenters. The van der Waals surface area contributed by atoms with E-state index in [0.717, 1.165) is 38.5 Å². The maximum absolute atomic E-state index is 12.7. The van der Waals surface area contributed by atoms with Crippen LogP contribution in [0.2, 0.25) is 0 Å². The molecule has 2 heterocycles. The Bertz CT molecular complexity index is 1100. The molecule has 41 heavy (non-hydrogen) atoms. The van der Waals surface area contributed by atoms with Crippen LogP contribution in [-0.2, 0) is 19.0 Å². The van der Waals surface area contributed by atoms with Crippen LogP contribution in [0.3, 0.4) is 0 Å². The van der Waals surface area contributed by atoms with E-state index in [1.165, 1.54) is 19.3 Å². The molecule has 1 unspecified atom stereocenters. The SMILES string of the molecule is CC(C)CC(=O)O[C@@H]1CC[C@]2(C)[C@H]3CC[C@]45C[C@]4(CC[C@@H]5[C@@H]4C[C@H]([C@@H]5OC5(C)C)OC4O)[C@]3(C)[C@H](O)C[C@H]2C1(C)C. The van der Waals surface area contributed by atoms with Crippen LogP contribution in [0, 0.1) is 56.7 Å². The van der Waals surface area contributed by atoms with E-state index in [9.17, 15) is 15.0 Å². The summed E-state index contributed by atoms with van der Waals surface area (Å²) in [6, 6.07) is 0. The predicted molar refractivity (Wildman–Crippen MR) is 156 cm³/mol. The Hall–Kier alpha value is -0.690. The van der Waals surface area contributed by atoms with Crippen LogP contribution in [0.25, 0.3) is 0 Å². The molecular weight excluding hydrogens is 516 g/mol. The molecule has 6 nitrogen and oxygen atoms in total. The highest BCUT2D eigenvalue weighted by atomic mass is 16.7. The fraction of sp³-hybridized carbons (Fsp3) is 0.971. The zero-order chi connectivity index (χ0) is 29.5. The summed E-state index contributed by atoms with van der Waals surface area (Å²) in [5.41, 5.74) is 0.0861. The number of hydrogen-bond donors (Lipinski definition) is 2. The summed E-state index contributed by atoms with van der Waals surface area (Å²) >= 11 is 0. The van der Waals surface area contributed by atoms with Gasteiger partial charge in [-0.15, -0.1) is 0 Å². The molecule has 0 aromatic carbocycles. The van der Waals surface area contributed by atoms with Crippen LogP contribution >= 0.6 is 0 Å². The lowest BCUT2D eigenvalue weighted by molar-refractivity contribution is -0.246. The van der Waals surface area contributed by atoms with Gasteiger partial charge in [0.2, 0.25) is 0 Å². The highest BCUT2D eigenvalue weighted by molar-refractivity contribution is 5.69.